The van der Waals surface area contributed by atoms with Crippen molar-refractivity contribution < 1.29 is 0 Å². The number of benzene rings is 4. The fourth-order valence-electron chi connectivity index (χ4n) is 5.83. The minimum Gasteiger partial charge on any atom is -0.315 e. The van der Waals surface area contributed by atoms with Gasteiger partial charge < -0.3 is 4.90 Å². The molecule has 0 amide bonds. The monoisotopic (exact) mass is 581 g/mol. The third kappa shape index (κ3) is 7.32. The lowest BCUT2D eigenvalue weighted by Crippen LogP contribution is -2.16. The van der Waals surface area contributed by atoms with E-state index >= 15 is 0 Å². The maximum Gasteiger partial charge on any atom is 0.0458 e. The van der Waals surface area contributed by atoms with Crippen molar-refractivity contribution in [3.05, 3.63) is 150 Å². The van der Waals surface area contributed by atoms with Crippen LogP contribution >= 0.6 is 11.8 Å². The molecule has 4 aromatic carbocycles. The van der Waals surface area contributed by atoms with E-state index < -0.39 is 0 Å². The second kappa shape index (κ2) is 14.9. The van der Waals surface area contributed by atoms with E-state index in [1.807, 2.05) is 37.8 Å². The van der Waals surface area contributed by atoms with Crippen molar-refractivity contribution in [3.8, 4) is 22.3 Å². The van der Waals surface area contributed by atoms with Crippen LogP contribution in [0.1, 0.15) is 58.4 Å². The molecular formula is C41H43NS. The molecule has 0 aromatic heterocycles. The molecule has 0 saturated carbocycles. The molecule has 1 nitrogen and oxygen atoms in total. The molecule has 0 saturated heterocycles. The zero-order valence-corrected chi connectivity index (χ0v) is 26.7. The molecule has 0 atom stereocenters. The van der Waals surface area contributed by atoms with Crippen LogP contribution in [-0.2, 0) is 6.42 Å². The van der Waals surface area contributed by atoms with E-state index in [2.05, 4.69) is 128 Å². The van der Waals surface area contributed by atoms with E-state index in [1.165, 1.54) is 79.5 Å². The molecule has 1 aliphatic carbocycles. The van der Waals surface area contributed by atoms with Crippen LogP contribution in [0.25, 0.3) is 22.3 Å². The van der Waals surface area contributed by atoms with Crippen LogP contribution < -0.4 is 4.90 Å². The maximum absolute atomic E-state index is 3.81. The first-order chi connectivity index (χ1) is 21.2. The first kappa shape index (κ1) is 30.4. The van der Waals surface area contributed by atoms with Gasteiger partial charge in [0.15, 0.2) is 0 Å². The molecule has 0 radical (unpaired) electrons. The van der Waals surface area contributed by atoms with Gasteiger partial charge in [0.1, 0.15) is 0 Å². The molecule has 2 heteroatoms. The van der Waals surface area contributed by atoms with E-state index in [0.29, 0.717) is 0 Å². The number of hydrogen-bond donors (Lipinski definition) is 0. The Bertz CT molecular complexity index is 1610. The Morgan fingerprint density at radius 3 is 2.02 bits per heavy atom. The summed E-state index contributed by atoms with van der Waals surface area (Å²) in [4.78, 5) is 5.16. The molecule has 2 aliphatic rings. The van der Waals surface area contributed by atoms with Crippen molar-refractivity contribution in [2.45, 2.75) is 64.2 Å². The van der Waals surface area contributed by atoms with Crippen LogP contribution in [-0.4, -0.2) is 0 Å². The Labute approximate surface area is 263 Å². The Morgan fingerprint density at radius 2 is 1.35 bits per heavy atom. The summed E-state index contributed by atoms with van der Waals surface area (Å²) in [6.45, 7) is 10.1. The van der Waals surface area contributed by atoms with Gasteiger partial charge in [-0.3, -0.25) is 0 Å². The highest BCUT2D eigenvalue weighted by molar-refractivity contribution is 8.03. The second-order valence-electron chi connectivity index (χ2n) is 10.9. The van der Waals surface area contributed by atoms with E-state index in [-0.39, 0.29) is 0 Å². The van der Waals surface area contributed by atoms with Crippen molar-refractivity contribution in [1.29, 1.82) is 0 Å². The summed E-state index contributed by atoms with van der Waals surface area (Å²) < 4.78 is 0. The SMILES string of the molecule is C=C/C=C\C1=C(C)Cc2cc(-c3ccc(N(C4=CCCCCC4)c4ccc(-c5ccccc5)cc4)cc3)ccc2S1.CC. The minimum atomic E-state index is 0.992. The fourth-order valence-corrected chi connectivity index (χ4v) is 6.85. The molecular weight excluding hydrogens is 539 g/mol. The average molecular weight is 582 g/mol. The summed E-state index contributed by atoms with van der Waals surface area (Å²) in [6.07, 6.45) is 15.6. The first-order valence-corrected chi connectivity index (χ1v) is 16.6. The van der Waals surface area contributed by atoms with Gasteiger partial charge in [0, 0.05) is 26.9 Å². The summed E-state index contributed by atoms with van der Waals surface area (Å²) in [5.41, 5.74) is 11.7. The number of anilines is 2. The number of fused-ring (bicyclic) bond motifs is 1. The van der Waals surface area contributed by atoms with Gasteiger partial charge in [0.05, 0.1) is 0 Å². The lowest BCUT2D eigenvalue weighted by atomic mass is 9.98. The third-order valence-corrected chi connectivity index (χ3v) is 9.36. The summed E-state index contributed by atoms with van der Waals surface area (Å²) >= 11 is 1.86. The maximum atomic E-state index is 3.81. The highest BCUT2D eigenvalue weighted by Crippen LogP contribution is 2.41. The van der Waals surface area contributed by atoms with Crippen LogP contribution in [0.2, 0.25) is 0 Å². The quantitative estimate of drug-likeness (QED) is 0.200. The van der Waals surface area contributed by atoms with Gasteiger partial charge in [0.2, 0.25) is 0 Å². The van der Waals surface area contributed by atoms with Gasteiger partial charge in [-0.05, 0) is 109 Å². The molecule has 6 rings (SSSR count). The van der Waals surface area contributed by atoms with Gasteiger partial charge in [-0.2, -0.15) is 0 Å². The molecule has 218 valence electrons. The molecule has 0 spiro atoms. The van der Waals surface area contributed by atoms with Crippen molar-refractivity contribution in [2.75, 3.05) is 4.90 Å². The third-order valence-electron chi connectivity index (χ3n) is 8.04. The molecule has 1 heterocycles. The Kier molecular flexibility index (Phi) is 10.6. The summed E-state index contributed by atoms with van der Waals surface area (Å²) in [7, 11) is 0. The number of nitrogens with zero attached hydrogens (tertiary/aromatic N) is 1. The lowest BCUT2D eigenvalue weighted by Gasteiger charge is -2.28. The average Bonchev–Trinajstić information content (AvgIpc) is 3.35. The van der Waals surface area contributed by atoms with Crippen molar-refractivity contribution in [2.24, 2.45) is 0 Å². The Morgan fingerprint density at radius 1 is 0.721 bits per heavy atom. The van der Waals surface area contributed by atoms with Crippen LogP contribution in [0.5, 0.6) is 0 Å². The Hall–Kier alpha value is -4.01. The number of allylic oxidation sites excluding steroid dienone is 6. The van der Waals surface area contributed by atoms with E-state index in [0.717, 1.165) is 19.3 Å². The second-order valence-corrected chi connectivity index (χ2v) is 12.0. The Balaban J connectivity index is 0.00000180. The zero-order valence-electron chi connectivity index (χ0n) is 25.9. The van der Waals surface area contributed by atoms with Crippen molar-refractivity contribution >= 4 is 23.1 Å². The smallest absolute Gasteiger partial charge is 0.0458 e. The molecule has 0 unspecified atom stereocenters. The topological polar surface area (TPSA) is 3.24 Å². The normalized spacial score (nSPS) is 14.7. The van der Waals surface area contributed by atoms with E-state index in [4.69, 9.17) is 0 Å². The van der Waals surface area contributed by atoms with Gasteiger partial charge >= 0.3 is 0 Å². The summed E-state index contributed by atoms with van der Waals surface area (Å²) in [6, 6.07) is 35.8. The van der Waals surface area contributed by atoms with Crippen molar-refractivity contribution in [3.63, 3.8) is 0 Å². The predicted molar refractivity (Wildman–Crippen MR) is 190 cm³/mol. The van der Waals surface area contributed by atoms with Crippen LogP contribution in [0.3, 0.4) is 0 Å². The number of rotatable bonds is 7. The molecule has 0 N–H and O–H groups in total. The summed E-state index contributed by atoms with van der Waals surface area (Å²) in [5, 5.41) is 0. The number of thioether (sulfide) groups is 1. The van der Waals surface area contributed by atoms with E-state index in [1.54, 1.807) is 0 Å². The van der Waals surface area contributed by atoms with Gasteiger partial charge in [-0.15, -0.1) is 0 Å². The minimum absolute atomic E-state index is 0.992. The molecule has 4 aromatic rings. The molecule has 0 bridgehead atoms. The first-order valence-electron chi connectivity index (χ1n) is 15.7. The van der Waals surface area contributed by atoms with Crippen LogP contribution in [0, 0.1) is 0 Å². The van der Waals surface area contributed by atoms with Gasteiger partial charge in [-0.25, -0.2) is 0 Å². The number of hydrogen-bond acceptors (Lipinski definition) is 2. The van der Waals surface area contributed by atoms with Crippen molar-refractivity contribution in [1.82, 2.24) is 0 Å². The summed E-state index contributed by atoms with van der Waals surface area (Å²) in [5.74, 6) is 0. The van der Waals surface area contributed by atoms with Gasteiger partial charge in [0.25, 0.3) is 0 Å². The molecule has 0 fully saturated rings. The highest BCUT2D eigenvalue weighted by atomic mass is 32.2. The predicted octanol–water partition coefficient (Wildman–Crippen LogP) is 12.7. The molecule has 1 aliphatic heterocycles. The van der Waals surface area contributed by atoms with Gasteiger partial charge in [-0.1, -0.05) is 123 Å². The largest absolute Gasteiger partial charge is 0.315 e. The van der Waals surface area contributed by atoms with Crippen LogP contribution in [0.4, 0.5) is 11.4 Å². The van der Waals surface area contributed by atoms with Crippen LogP contribution in [0.15, 0.2) is 149 Å². The molecule has 43 heavy (non-hydrogen) atoms. The van der Waals surface area contributed by atoms with E-state index in [9.17, 15) is 0 Å². The zero-order chi connectivity index (χ0) is 30.0. The lowest BCUT2D eigenvalue weighted by molar-refractivity contribution is 0.708. The highest BCUT2D eigenvalue weighted by Gasteiger charge is 2.18. The fraction of sp³-hybridized carbons (Fsp3) is 0.220. The standard InChI is InChI=1S/C39H37NS.C2H6/c1-3-4-16-38-29(2)27-34-28-33(21-26-39(34)41-38)32-19-24-37(25-20-32)40(35-14-10-5-6-11-15-35)36-22-17-31(18-23-36)30-12-8-7-9-13-30;1-2/h3-4,7-9,12-14,16-26,28H,1,5-6,10-11,15,27H2,2H3;1-2H3/b16-4-;.